The second kappa shape index (κ2) is 9.85. The largest absolute Gasteiger partial charge is 0.352 e. The molecule has 2 N–H and O–H groups in total. The molecule has 168 valence electrons. The quantitative estimate of drug-likeness (QED) is 0.612. The Kier molecular flexibility index (Phi) is 6.73. The first-order chi connectivity index (χ1) is 15.6. The van der Waals surface area contributed by atoms with Crippen molar-refractivity contribution < 1.29 is 4.79 Å². The van der Waals surface area contributed by atoms with Crippen LogP contribution in [0.15, 0.2) is 53.3 Å². The average molecular weight is 434 g/mol. The smallest absolute Gasteiger partial charge is 0.319 e. The minimum atomic E-state index is -0.193. The Hall–Kier alpha value is -3.35. The van der Waals surface area contributed by atoms with Gasteiger partial charge in [0, 0.05) is 31.4 Å². The Morgan fingerprint density at radius 3 is 2.47 bits per heavy atom. The van der Waals surface area contributed by atoms with Gasteiger partial charge in [-0.3, -0.25) is 4.79 Å². The maximum atomic E-state index is 13.2. The minimum absolute atomic E-state index is 0.0368. The molecule has 1 aliphatic rings. The number of anilines is 2. The molecule has 0 aliphatic carbocycles. The molecule has 3 aromatic rings. The number of hydrogen-bond donors (Lipinski definition) is 2. The van der Waals surface area contributed by atoms with Crippen LogP contribution in [0.1, 0.15) is 38.7 Å². The average Bonchev–Trinajstić information content (AvgIpc) is 2.82. The molecule has 0 spiro atoms. The van der Waals surface area contributed by atoms with Crippen molar-refractivity contribution in [1.29, 1.82) is 0 Å². The molecule has 1 saturated heterocycles. The molecular weight excluding hydrogens is 402 g/mol. The van der Waals surface area contributed by atoms with Crippen LogP contribution in [-0.4, -0.2) is 34.7 Å². The maximum absolute atomic E-state index is 13.2. The fraction of sp³-hybridized carbons (Fsp3) is 0.400. The summed E-state index contributed by atoms with van der Waals surface area (Å²) in [6.07, 6.45) is 3.39. The van der Waals surface area contributed by atoms with Gasteiger partial charge in [0.05, 0.1) is 11.0 Å². The third kappa shape index (κ3) is 4.77. The molecular formula is C25H31N5O2. The zero-order valence-corrected chi connectivity index (χ0v) is 18.8. The Balaban J connectivity index is 1.40. The molecule has 4 rings (SSSR count). The number of nitrogens with one attached hydrogen (secondary N) is 2. The van der Waals surface area contributed by atoms with Crippen LogP contribution in [0.25, 0.3) is 11.0 Å². The third-order valence-corrected chi connectivity index (χ3v) is 6.03. The first-order valence-corrected chi connectivity index (χ1v) is 11.5. The standard InChI is InChI=1S/C25H31N5O2/c1-3-15-30-22-8-6-5-7-21(22)28-23(24(30)31)29-16-13-20(14-17-29)27-25(32)26-19-11-9-18(4-2)10-12-19/h5-12,20H,3-4,13-17H2,1-2H3,(H2,26,27,32). The number of amides is 2. The lowest BCUT2D eigenvalue weighted by Crippen LogP contribution is -2.47. The van der Waals surface area contributed by atoms with E-state index < -0.39 is 0 Å². The van der Waals surface area contributed by atoms with Gasteiger partial charge in [0.2, 0.25) is 0 Å². The Bertz CT molecular complexity index is 1130. The van der Waals surface area contributed by atoms with E-state index in [0.29, 0.717) is 25.5 Å². The number of carbonyl (C=O) groups is 1. The van der Waals surface area contributed by atoms with E-state index in [9.17, 15) is 9.59 Å². The predicted octanol–water partition coefficient (Wildman–Crippen LogP) is 4.16. The lowest BCUT2D eigenvalue weighted by Gasteiger charge is -2.33. The van der Waals surface area contributed by atoms with E-state index in [2.05, 4.69) is 29.4 Å². The van der Waals surface area contributed by atoms with Crippen LogP contribution in [0.4, 0.5) is 16.3 Å². The molecule has 1 aliphatic heterocycles. The van der Waals surface area contributed by atoms with Gasteiger partial charge in [-0.25, -0.2) is 9.78 Å². The second-order valence-corrected chi connectivity index (χ2v) is 8.29. The first kappa shape index (κ1) is 21.9. The highest BCUT2D eigenvalue weighted by atomic mass is 16.2. The van der Waals surface area contributed by atoms with Gasteiger partial charge in [0.1, 0.15) is 0 Å². The number of aromatic nitrogens is 2. The molecule has 0 radical (unpaired) electrons. The van der Waals surface area contributed by atoms with Crippen LogP contribution in [0.3, 0.4) is 0 Å². The number of carbonyl (C=O) groups excluding carboxylic acids is 1. The zero-order chi connectivity index (χ0) is 22.5. The van der Waals surface area contributed by atoms with Crippen molar-refractivity contribution in [3.8, 4) is 0 Å². The summed E-state index contributed by atoms with van der Waals surface area (Å²) in [7, 11) is 0. The second-order valence-electron chi connectivity index (χ2n) is 8.29. The Morgan fingerprint density at radius 2 is 1.78 bits per heavy atom. The van der Waals surface area contributed by atoms with Gasteiger partial charge in [0.25, 0.3) is 5.56 Å². The molecule has 2 heterocycles. The van der Waals surface area contributed by atoms with Gasteiger partial charge < -0.3 is 20.1 Å². The number of rotatable bonds is 6. The highest BCUT2D eigenvalue weighted by Crippen LogP contribution is 2.19. The fourth-order valence-electron chi connectivity index (χ4n) is 4.24. The Labute approximate surface area is 188 Å². The molecule has 2 amide bonds. The number of urea groups is 1. The number of hydrogen-bond acceptors (Lipinski definition) is 4. The van der Waals surface area contributed by atoms with Crippen LogP contribution in [-0.2, 0) is 13.0 Å². The number of benzene rings is 2. The SMILES string of the molecule is CCCn1c(=O)c(N2CCC(NC(=O)Nc3ccc(CC)cc3)CC2)nc2ccccc21. The maximum Gasteiger partial charge on any atom is 0.319 e. The summed E-state index contributed by atoms with van der Waals surface area (Å²) >= 11 is 0. The number of aryl methyl sites for hydroxylation is 2. The number of nitrogens with zero attached hydrogens (tertiary/aromatic N) is 3. The van der Waals surface area contributed by atoms with E-state index in [-0.39, 0.29) is 17.6 Å². The molecule has 2 aromatic carbocycles. The highest BCUT2D eigenvalue weighted by molar-refractivity contribution is 5.89. The van der Waals surface area contributed by atoms with Crippen LogP contribution in [0, 0.1) is 0 Å². The molecule has 0 unspecified atom stereocenters. The summed E-state index contributed by atoms with van der Waals surface area (Å²) in [5.41, 5.74) is 3.70. The summed E-state index contributed by atoms with van der Waals surface area (Å²) in [5.74, 6) is 0.510. The van der Waals surface area contributed by atoms with Gasteiger partial charge in [-0.2, -0.15) is 0 Å². The normalized spacial score (nSPS) is 14.5. The van der Waals surface area contributed by atoms with E-state index in [0.717, 1.165) is 42.4 Å². The lowest BCUT2D eigenvalue weighted by molar-refractivity contribution is 0.246. The monoisotopic (exact) mass is 433 g/mol. The topological polar surface area (TPSA) is 79.3 Å². The number of piperidine rings is 1. The van der Waals surface area contributed by atoms with E-state index in [4.69, 9.17) is 4.98 Å². The zero-order valence-electron chi connectivity index (χ0n) is 18.8. The molecule has 1 aromatic heterocycles. The summed E-state index contributed by atoms with van der Waals surface area (Å²) < 4.78 is 1.83. The summed E-state index contributed by atoms with van der Waals surface area (Å²) in [6.45, 7) is 6.22. The highest BCUT2D eigenvalue weighted by Gasteiger charge is 2.24. The van der Waals surface area contributed by atoms with Crippen molar-refractivity contribution in [2.45, 2.75) is 52.1 Å². The molecule has 7 heteroatoms. The van der Waals surface area contributed by atoms with Crippen molar-refractivity contribution in [1.82, 2.24) is 14.9 Å². The van der Waals surface area contributed by atoms with Crippen LogP contribution in [0.2, 0.25) is 0 Å². The molecule has 0 bridgehead atoms. The number of para-hydroxylation sites is 2. The molecule has 1 fully saturated rings. The van der Waals surface area contributed by atoms with Gasteiger partial charge >= 0.3 is 6.03 Å². The predicted molar refractivity (Wildman–Crippen MR) is 130 cm³/mol. The molecule has 7 nitrogen and oxygen atoms in total. The molecule has 32 heavy (non-hydrogen) atoms. The van der Waals surface area contributed by atoms with Crippen molar-refractivity contribution in [3.63, 3.8) is 0 Å². The summed E-state index contributed by atoms with van der Waals surface area (Å²) in [6, 6.07) is 15.6. The van der Waals surface area contributed by atoms with Gasteiger partial charge in [0.15, 0.2) is 5.82 Å². The third-order valence-electron chi connectivity index (χ3n) is 6.03. The van der Waals surface area contributed by atoms with Crippen LogP contribution >= 0.6 is 0 Å². The van der Waals surface area contributed by atoms with E-state index in [1.807, 2.05) is 53.1 Å². The van der Waals surface area contributed by atoms with E-state index >= 15 is 0 Å². The van der Waals surface area contributed by atoms with E-state index in [1.165, 1.54) is 5.56 Å². The summed E-state index contributed by atoms with van der Waals surface area (Å²) in [4.78, 5) is 32.3. The summed E-state index contributed by atoms with van der Waals surface area (Å²) in [5, 5.41) is 5.97. The van der Waals surface area contributed by atoms with E-state index in [1.54, 1.807) is 0 Å². The molecule has 0 atom stereocenters. The van der Waals surface area contributed by atoms with Gasteiger partial charge in [-0.1, -0.05) is 38.1 Å². The van der Waals surface area contributed by atoms with Crippen molar-refractivity contribution in [2.24, 2.45) is 0 Å². The number of fused-ring (bicyclic) bond motifs is 1. The lowest BCUT2D eigenvalue weighted by atomic mass is 10.1. The first-order valence-electron chi connectivity index (χ1n) is 11.5. The van der Waals surface area contributed by atoms with Crippen LogP contribution < -0.4 is 21.1 Å². The van der Waals surface area contributed by atoms with Crippen molar-refractivity contribution in [3.05, 3.63) is 64.4 Å². The minimum Gasteiger partial charge on any atom is -0.352 e. The van der Waals surface area contributed by atoms with Gasteiger partial charge in [-0.05, 0) is 55.5 Å². The van der Waals surface area contributed by atoms with Crippen LogP contribution in [0.5, 0.6) is 0 Å². The fourth-order valence-corrected chi connectivity index (χ4v) is 4.24. The van der Waals surface area contributed by atoms with Crippen molar-refractivity contribution >= 4 is 28.6 Å². The Morgan fingerprint density at radius 1 is 1.06 bits per heavy atom. The van der Waals surface area contributed by atoms with Crippen molar-refractivity contribution in [2.75, 3.05) is 23.3 Å². The van der Waals surface area contributed by atoms with Gasteiger partial charge in [-0.15, -0.1) is 0 Å². The molecule has 0 saturated carbocycles.